The van der Waals surface area contributed by atoms with Gasteiger partial charge in [-0.3, -0.25) is 0 Å². The van der Waals surface area contributed by atoms with E-state index in [-0.39, 0.29) is 18.2 Å². The highest BCUT2D eigenvalue weighted by Crippen LogP contribution is 2.20. The van der Waals surface area contributed by atoms with Crippen LogP contribution in [0.1, 0.15) is 23.7 Å². The number of ether oxygens (including phenoxy) is 1. The zero-order chi connectivity index (χ0) is 16.2. The molecule has 3 heterocycles. The third kappa shape index (κ3) is 3.89. The van der Waals surface area contributed by atoms with Gasteiger partial charge < -0.3 is 19.5 Å². The van der Waals surface area contributed by atoms with Gasteiger partial charge in [-0.25, -0.2) is 4.79 Å². The van der Waals surface area contributed by atoms with Gasteiger partial charge in [0.2, 0.25) is 0 Å². The molecule has 2 aromatic heterocycles. The van der Waals surface area contributed by atoms with Crippen molar-refractivity contribution in [2.75, 3.05) is 19.7 Å². The van der Waals surface area contributed by atoms with E-state index in [0.29, 0.717) is 19.7 Å². The van der Waals surface area contributed by atoms with E-state index in [1.54, 1.807) is 22.6 Å². The molecule has 2 aromatic rings. The number of thiophene rings is 1. The Labute approximate surface area is 139 Å². The van der Waals surface area contributed by atoms with Gasteiger partial charge in [-0.05, 0) is 18.4 Å². The van der Waals surface area contributed by atoms with Crippen LogP contribution in [0, 0.1) is 0 Å². The topological polar surface area (TPSA) is 72.3 Å². The molecule has 1 aliphatic heterocycles. The monoisotopic (exact) mass is 335 g/mol. The molecule has 23 heavy (non-hydrogen) atoms. The Balaban J connectivity index is 1.55. The first-order valence-corrected chi connectivity index (χ1v) is 8.54. The third-order valence-electron chi connectivity index (χ3n) is 3.85. The van der Waals surface area contributed by atoms with E-state index in [2.05, 4.69) is 27.0 Å². The van der Waals surface area contributed by atoms with E-state index in [4.69, 9.17) is 4.74 Å². The standard InChI is InChI=1S/C15H21N5O2S/c1-11(8-12-4-3-7-23-12)17-15(21)20-5-6-22-13(9-20)14-18-16-10-19(14)2/h3-4,7,10-11,13H,5-6,8-9H2,1-2H3,(H,17,21)/t11-,13-/m1/s1. The minimum Gasteiger partial charge on any atom is -0.366 e. The van der Waals surface area contributed by atoms with E-state index in [1.165, 1.54) is 4.88 Å². The van der Waals surface area contributed by atoms with Crippen LogP contribution in [0.15, 0.2) is 23.8 Å². The summed E-state index contributed by atoms with van der Waals surface area (Å²) in [5.41, 5.74) is 0. The van der Waals surface area contributed by atoms with Crippen LogP contribution in [0.3, 0.4) is 0 Å². The normalized spacial score (nSPS) is 19.6. The number of carbonyl (C=O) groups excluding carboxylic acids is 1. The summed E-state index contributed by atoms with van der Waals surface area (Å²) in [7, 11) is 1.88. The highest BCUT2D eigenvalue weighted by atomic mass is 32.1. The van der Waals surface area contributed by atoms with Gasteiger partial charge in [-0.1, -0.05) is 6.07 Å². The van der Waals surface area contributed by atoms with Gasteiger partial charge in [0.25, 0.3) is 0 Å². The number of hydrogen-bond acceptors (Lipinski definition) is 5. The molecule has 0 unspecified atom stereocenters. The number of morpholine rings is 1. The van der Waals surface area contributed by atoms with Crippen molar-refractivity contribution in [1.82, 2.24) is 25.0 Å². The van der Waals surface area contributed by atoms with Gasteiger partial charge in [0.15, 0.2) is 5.82 Å². The van der Waals surface area contributed by atoms with E-state index in [1.807, 2.05) is 24.6 Å². The summed E-state index contributed by atoms with van der Waals surface area (Å²) in [5.74, 6) is 0.745. The molecule has 1 aliphatic rings. The lowest BCUT2D eigenvalue weighted by molar-refractivity contribution is -0.0217. The van der Waals surface area contributed by atoms with Crippen molar-refractivity contribution in [3.8, 4) is 0 Å². The van der Waals surface area contributed by atoms with Crippen LogP contribution < -0.4 is 5.32 Å². The molecule has 0 saturated carbocycles. The summed E-state index contributed by atoms with van der Waals surface area (Å²) in [6.07, 6.45) is 2.26. The summed E-state index contributed by atoms with van der Waals surface area (Å²) in [4.78, 5) is 15.5. The second-order valence-corrected chi connectivity index (χ2v) is 6.77. The molecule has 0 bridgehead atoms. The summed E-state index contributed by atoms with van der Waals surface area (Å²) in [6, 6.07) is 4.16. The average Bonchev–Trinajstić information content (AvgIpc) is 3.19. The fourth-order valence-electron chi connectivity index (χ4n) is 2.66. The van der Waals surface area contributed by atoms with Crippen LogP contribution in [0.4, 0.5) is 4.79 Å². The summed E-state index contributed by atoms with van der Waals surface area (Å²) in [6.45, 7) is 3.61. The number of amides is 2. The van der Waals surface area contributed by atoms with Crippen molar-refractivity contribution in [3.63, 3.8) is 0 Å². The molecule has 0 radical (unpaired) electrons. The fourth-order valence-corrected chi connectivity index (χ4v) is 3.49. The van der Waals surface area contributed by atoms with Gasteiger partial charge in [0.1, 0.15) is 12.4 Å². The summed E-state index contributed by atoms with van der Waals surface area (Å²) < 4.78 is 7.56. The quantitative estimate of drug-likeness (QED) is 0.921. The number of hydrogen-bond donors (Lipinski definition) is 1. The molecule has 8 heteroatoms. The summed E-state index contributed by atoms with van der Waals surface area (Å²) in [5, 5.41) is 13.1. The number of aryl methyl sites for hydroxylation is 1. The van der Waals surface area contributed by atoms with Crippen LogP contribution in [0.2, 0.25) is 0 Å². The lowest BCUT2D eigenvalue weighted by atomic mass is 10.2. The number of aromatic nitrogens is 3. The third-order valence-corrected chi connectivity index (χ3v) is 4.74. The van der Waals surface area contributed by atoms with Crippen molar-refractivity contribution in [2.24, 2.45) is 7.05 Å². The Morgan fingerprint density at radius 3 is 3.17 bits per heavy atom. The van der Waals surface area contributed by atoms with Gasteiger partial charge in [0.05, 0.1) is 13.2 Å². The zero-order valence-corrected chi connectivity index (χ0v) is 14.1. The van der Waals surface area contributed by atoms with Crippen molar-refractivity contribution in [3.05, 3.63) is 34.5 Å². The maximum absolute atomic E-state index is 12.5. The predicted octanol–water partition coefficient (Wildman–Crippen LogP) is 1.59. The van der Waals surface area contributed by atoms with Gasteiger partial charge in [-0.15, -0.1) is 21.5 Å². The van der Waals surface area contributed by atoms with Crippen molar-refractivity contribution in [1.29, 1.82) is 0 Å². The Morgan fingerprint density at radius 1 is 1.61 bits per heavy atom. The second kappa shape index (κ2) is 7.10. The lowest BCUT2D eigenvalue weighted by Gasteiger charge is -2.33. The molecule has 0 aliphatic carbocycles. The molecule has 2 atom stereocenters. The SMILES string of the molecule is C[C@H](Cc1cccs1)NC(=O)N1CCO[C@@H](c2nncn2C)C1. The second-order valence-electron chi connectivity index (χ2n) is 5.74. The number of urea groups is 1. The van der Waals surface area contributed by atoms with E-state index < -0.39 is 0 Å². The first-order valence-electron chi connectivity index (χ1n) is 7.67. The first-order chi connectivity index (χ1) is 11.1. The average molecular weight is 335 g/mol. The largest absolute Gasteiger partial charge is 0.366 e. The van der Waals surface area contributed by atoms with Crippen molar-refractivity contribution < 1.29 is 9.53 Å². The van der Waals surface area contributed by atoms with Crippen LogP contribution in [0.25, 0.3) is 0 Å². The van der Waals surface area contributed by atoms with E-state index in [9.17, 15) is 4.79 Å². The molecule has 124 valence electrons. The molecular weight excluding hydrogens is 314 g/mol. The number of rotatable bonds is 4. The number of carbonyl (C=O) groups is 1. The highest BCUT2D eigenvalue weighted by Gasteiger charge is 2.28. The Kier molecular flexibility index (Phi) is 4.92. The Hall–Kier alpha value is -1.93. The van der Waals surface area contributed by atoms with E-state index in [0.717, 1.165) is 12.2 Å². The molecule has 2 amide bonds. The van der Waals surface area contributed by atoms with Gasteiger partial charge in [0, 0.05) is 30.9 Å². The number of nitrogens with one attached hydrogen (secondary N) is 1. The predicted molar refractivity (Wildman–Crippen MR) is 87.3 cm³/mol. The van der Waals surface area contributed by atoms with Crippen LogP contribution in [-0.2, 0) is 18.2 Å². The Morgan fingerprint density at radius 2 is 2.48 bits per heavy atom. The maximum atomic E-state index is 12.5. The zero-order valence-electron chi connectivity index (χ0n) is 13.3. The van der Waals surface area contributed by atoms with Crippen LogP contribution in [-0.4, -0.2) is 51.4 Å². The minimum absolute atomic E-state index is 0.0514. The van der Waals surface area contributed by atoms with Gasteiger partial charge in [-0.2, -0.15) is 0 Å². The van der Waals surface area contributed by atoms with E-state index >= 15 is 0 Å². The molecule has 0 aromatic carbocycles. The van der Waals surface area contributed by atoms with Crippen LogP contribution in [0.5, 0.6) is 0 Å². The molecule has 0 spiro atoms. The molecule has 1 N–H and O–H groups in total. The summed E-state index contributed by atoms with van der Waals surface area (Å²) >= 11 is 1.71. The molecule has 7 nitrogen and oxygen atoms in total. The highest BCUT2D eigenvalue weighted by molar-refractivity contribution is 7.09. The van der Waals surface area contributed by atoms with Crippen molar-refractivity contribution in [2.45, 2.75) is 25.5 Å². The first kappa shape index (κ1) is 15.9. The maximum Gasteiger partial charge on any atom is 0.317 e. The minimum atomic E-state index is -0.227. The van der Waals surface area contributed by atoms with Gasteiger partial charge >= 0.3 is 6.03 Å². The molecule has 1 fully saturated rings. The molecule has 1 saturated heterocycles. The fraction of sp³-hybridized carbons (Fsp3) is 0.533. The van der Waals surface area contributed by atoms with Crippen molar-refractivity contribution >= 4 is 17.4 Å². The molecular formula is C15H21N5O2S. The Bertz CT molecular complexity index is 642. The molecule has 3 rings (SSSR count). The lowest BCUT2D eigenvalue weighted by Crippen LogP contribution is -2.50. The smallest absolute Gasteiger partial charge is 0.317 e. The number of nitrogens with zero attached hydrogens (tertiary/aromatic N) is 4. The van der Waals surface area contributed by atoms with Crippen LogP contribution >= 0.6 is 11.3 Å².